The fourth-order valence-electron chi connectivity index (χ4n) is 1.47. The molecule has 0 atom stereocenters. The highest BCUT2D eigenvalue weighted by Crippen LogP contribution is 2.28. The molecule has 3 N–H and O–H groups in total. The fraction of sp³-hybridized carbons (Fsp3) is 0.385. The van der Waals surface area contributed by atoms with E-state index in [0.717, 1.165) is 0 Å². The number of hydrogen-bond donors (Lipinski definition) is 3. The van der Waals surface area contributed by atoms with Gasteiger partial charge in [-0.1, -0.05) is 0 Å². The summed E-state index contributed by atoms with van der Waals surface area (Å²) in [7, 11) is 4.59. The van der Waals surface area contributed by atoms with Crippen LogP contribution in [0.3, 0.4) is 0 Å². The Balaban J connectivity index is 2.55. The van der Waals surface area contributed by atoms with Crippen molar-refractivity contribution in [1.82, 2.24) is 10.6 Å². The zero-order valence-corrected chi connectivity index (χ0v) is 11.8. The third-order valence-corrected chi connectivity index (χ3v) is 2.53. The van der Waals surface area contributed by atoms with Crippen molar-refractivity contribution in [1.29, 1.82) is 0 Å². The Morgan fingerprint density at radius 2 is 1.80 bits per heavy atom. The van der Waals surface area contributed by atoms with Crippen LogP contribution in [0.15, 0.2) is 18.2 Å². The van der Waals surface area contributed by atoms with Crippen LogP contribution in [-0.4, -0.2) is 46.2 Å². The number of rotatable bonds is 7. The van der Waals surface area contributed by atoms with E-state index in [1.165, 1.54) is 14.2 Å². The molecule has 0 saturated heterocycles. The number of amides is 2. The first-order chi connectivity index (χ1) is 9.60. The van der Waals surface area contributed by atoms with Crippen molar-refractivity contribution >= 4 is 17.5 Å². The van der Waals surface area contributed by atoms with E-state index in [2.05, 4.69) is 16.0 Å². The molecule has 0 bridgehead atoms. The Labute approximate surface area is 117 Å². The Morgan fingerprint density at radius 3 is 2.40 bits per heavy atom. The number of benzene rings is 1. The van der Waals surface area contributed by atoms with Crippen LogP contribution in [0.1, 0.15) is 0 Å². The summed E-state index contributed by atoms with van der Waals surface area (Å²) in [6.07, 6.45) is 0. The van der Waals surface area contributed by atoms with E-state index in [0.29, 0.717) is 17.2 Å². The maximum Gasteiger partial charge on any atom is 0.238 e. The summed E-state index contributed by atoms with van der Waals surface area (Å²) in [4.78, 5) is 22.7. The average Bonchev–Trinajstić information content (AvgIpc) is 2.47. The van der Waals surface area contributed by atoms with Crippen molar-refractivity contribution in [2.75, 3.05) is 39.7 Å². The molecule has 1 rings (SSSR count). The van der Waals surface area contributed by atoms with Crippen LogP contribution in [0.2, 0.25) is 0 Å². The molecule has 0 aromatic heterocycles. The summed E-state index contributed by atoms with van der Waals surface area (Å²) in [6.45, 7) is 0.117. The molecule has 0 aliphatic heterocycles. The predicted molar refractivity (Wildman–Crippen MR) is 75.1 cm³/mol. The molecule has 0 fully saturated rings. The average molecular weight is 281 g/mol. The highest BCUT2D eigenvalue weighted by Gasteiger charge is 2.09. The number of carbonyl (C=O) groups is 2. The molecule has 0 unspecified atom stereocenters. The van der Waals surface area contributed by atoms with Gasteiger partial charge in [-0.2, -0.15) is 0 Å². The van der Waals surface area contributed by atoms with Crippen LogP contribution < -0.4 is 25.4 Å². The van der Waals surface area contributed by atoms with Crippen molar-refractivity contribution in [3.05, 3.63) is 18.2 Å². The summed E-state index contributed by atoms with van der Waals surface area (Å²) in [5.74, 6) is 0.693. The Kier molecular flexibility index (Phi) is 6.31. The third kappa shape index (κ3) is 4.77. The highest BCUT2D eigenvalue weighted by molar-refractivity contribution is 5.94. The van der Waals surface area contributed by atoms with E-state index >= 15 is 0 Å². The summed E-state index contributed by atoms with van der Waals surface area (Å²) in [6, 6.07) is 5.08. The van der Waals surface area contributed by atoms with E-state index in [-0.39, 0.29) is 24.9 Å². The zero-order valence-electron chi connectivity index (χ0n) is 11.8. The van der Waals surface area contributed by atoms with E-state index < -0.39 is 0 Å². The zero-order chi connectivity index (χ0) is 15.0. The molecule has 1 aromatic carbocycles. The van der Waals surface area contributed by atoms with Crippen LogP contribution in [0.25, 0.3) is 0 Å². The number of anilines is 1. The molecule has 20 heavy (non-hydrogen) atoms. The standard InChI is InChI=1S/C13H19N3O4/c1-14-12(17)7-15-8-13(18)16-10-5-4-9(19-2)6-11(10)20-3/h4-6,15H,7-8H2,1-3H3,(H,14,17)(H,16,18). The molecule has 7 heteroatoms. The molecule has 1 aromatic rings. The number of likely N-dealkylation sites (N-methyl/N-ethyl adjacent to an activating group) is 1. The van der Waals surface area contributed by atoms with Crippen molar-refractivity contribution < 1.29 is 19.1 Å². The van der Waals surface area contributed by atoms with Gasteiger partial charge in [0, 0.05) is 13.1 Å². The lowest BCUT2D eigenvalue weighted by molar-refractivity contribution is -0.120. The van der Waals surface area contributed by atoms with Crippen molar-refractivity contribution in [2.45, 2.75) is 0 Å². The lowest BCUT2D eigenvalue weighted by Gasteiger charge is -2.11. The van der Waals surface area contributed by atoms with Gasteiger partial charge in [0.15, 0.2) is 0 Å². The monoisotopic (exact) mass is 281 g/mol. The van der Waals surface area contributed by atoms with E-state index in [4.69, 9.17) is 9.47 Å². The molecule has 0 heterocycles. The summed E-state index contributed by atoms with van der Waals surface area (Å²) in [5.41, 5.74) is 0.542. The molecular formula is C13H19N3O4. The van der Waals surface area contributed by atoms with Crippen molar-refractivity contribution in [2.24, 2.45) is 0 Å². The highest BCUT2D eigenvalue weighted by atomic mass is 16.5. The van der Waals surface area contributed by atoms with Gasteiger partial charge in [0.05, 0.1) is 33.0 Å². The summed E-state index contributed by atoms with van der Waals surface area (Å²) >= 11 is 0. The van der Waals surface area contributed by atoms with Gasteiger partial charge in [-0.15, -0.1) is 0 Å². The van der Waals surface area contributed by atoms with Crippen molar-refractivity contribution in [3.8, 4) is 11.5 Å². The van der Waals surface area contributed by atoms with Crippen LogP contribution >= 0.6 is 0 Å². The lowest BCUT2D eigenvalue weighted by Crippen LogP contribution is -2.36. The molecule has 0 aliphatic rings. The SMILES string of the molecule is CNC(=O)CNCC(=O)Nc1ccc(OC)cc1OC. The first-order valence-corrected chi connectivity index (χ1v) is 6.04. The number of carbonyl (C=O) groups excluding carboxylic acids is 2. The minimum atomic E-state index is -0.266. The summed E-state index contributed by atoms with van der Waals surface area (Å²) in [5, 5.41) is 7.87. The Bertz CT molecular complexity index is 477. The Morgan fingerprint density at radius 1 is 1.10 bits per heavy atom. The normalized spacial score (nSPS) is 9.75. The third-order valence-electron chi connectivity index (χ3n) is 2.53. The van der Waals surface area contributed by atoms with Crippen molar-refractivity contribution in [3.63, 3.8) is 0 Å². The van der Waals surface area contributed by atoms with Gasteiger partial charge in [0.1, 0.15) is 11.5 Å². The van der Waals surface area contributed by atoms with Gasteiger partial charge < -0.3 is 20.1 Å². The number of nitrogens with one attached hydrogen (secondary N) is 3. The van der Waals surface area contributed by atoms with Gasteiger partial charge in [-0.3, -0.25) is 14.9 Å². The van der Waals surface area contributed by atoms with E-state index in [9.17, 15) is 9.59 Å². The van der Waals surface area contributed by atoms with Crippen LogP contribution in [-0.2, 0) is 9.59 Å². The minimum absolute atomic E-state index is 0.0304. The first kappa shape index (κ1) is 15.8. The molecule has 0 spiro atoms. The lowest BCUT2D eigenvalue weighted by atomic mass is 10.2. The number of hydrogen-bond acceptors (Lipinski definition) is 5. The van der Waals surface area contributed by atoms with Gasteiger partial charge in [0.2, 0.25) is 11.8 Å². The minimum Gasteiger partial charge on any atom is -0.497 e. The van der Waals surface area contributed by atoms with E-state index in [1.54, 1.807) is 25.3 Å². The van der Waals surface area contributed by atoms with Gasteiger partial charge in [-0.25, -0.2) is 0 Å². The number of ether oxygens (including phenoxy) is 2. The second-order valence-electron chi connectivity index (χ2n) is 3.89. The maximum absolute atomic E-state index is 11.7. The molecule has 110 valence electrons. The topological polar surface area (TPSA) is 88.7 Å². The quantitative estimate of drug-likeness (QED) is 0.653. The van der Waals surface area contributed by atoms with E-state index in [1.807, 2.05) is 0 Å². The second-order valence-corrected chi connectivity index (χ2v) is 3.89. The Hall–Kier alpha value is -2.28. The fourth-order valence-corrected chi connectivity index (χ4v) is 1.47. The maximum atomic E-state index is 11.7. The predicted octanol–water partition coefficient (Wildman–Crippen LogP) is -0.0221. The van der Waals surface area contributed by atoms with Crippen LogP contribution in [0, 0.1) is 0 Å². The molecule has 7 nitrogen and oxygen atoms in total. The molecule has 0 aliphatic carbocycles. The number of methoxy groups -OCH3 is 2. The summed E-state index contributed by atoms with van der Waals surface area (Å²) < 4.78 is 10.2. The molecule has 0 saturated carbocycles. The molecule has 0 radical (unpaired) electrons. The molecular weight excluding hydrogens is 262 g/mol. The smallest absolute Gasteiger partial charge is 0.238 e. The van der Waals surface area contributed by atoms with Crippen LogP contribution in [0.4, 0.5) is 5.69 Å². The molecule has 2 amide bonds. The van der Waals surface area contributed by atoms with Gasteiger partial charge in [0.25, 0.3) is 0 Å². The van der Waals surface area contributed by atoms with Crippen LogP contribution in [0.5, 0.6) is 11.5 Å². The second kappa shape index (κ2) is 8.00. The van der Waals surface area contributed by atoms with Gasteiger partial charge in [-0.05, 0) is 12.1 Å². The first-order valence-electron chi connectivity index (χ1n) is 6.04. The largest absolute Gasteiger partial charge is 0.497 e. The van der Waals surface area contributed by atoms with Gasteiger partial charge >= 0.3 is 0 Å².